The average molecular weight is 337 g/mol. The molecule has 5 nitrogen and oxygen atoms in total. The SMILES string of the molecule is CC1CN2CCCC2CN1C(=O)c1ccc(Oc2cccnc2)cc1. The summed E-state index contributed by atoms with van der Waals surface area (Å²) >= 11 is 0. The number of amides is 1. The number of aromatic nitrogens is 1. The molecule has 0 N–H and O–H groups in total. The lowest BCUT2D eigenvalue weighted by Gasteiger charge is -2.42. The van der Waals surface area contributed by atoms with Crippen molar-refractivity contribution in [3.05, 3.63) is 54.4 Å². The zero-order chi connectivity index (χ0) is 17.2. The maximum Gasteiger partial charge on any atom is 0.254 e. The Morgan fingerprint density at radius 3 is 2.76 bits per heavy atom. The Morgan fingerprint density at radius 1 is 1.16 bits per heavy atom. The van der Waals surface area contributed by atoms with E-state index in [9.17, 15) is 4.79 Å². The van der Waals surface area contributed by atoms with Crippen LogP contribution in [0.1, 0.15) is 30.1 Å². The van der Waals surface area contributed by atoms with Crippen LogP contribution in [0, 0.1) is 0 Å². The van der Waals surface area contributed by atoms with Gasteiger partial charge >= 0.3 is 0 Å². The minimum Gasteiger partial charge on any atom is -0.456 e. The molecule has 2 aliphatic heterocycles. The van der Waals surface area contributed by atoms with Gasteiger partial charge in [0.25, 0.3) is 5.91 Å². The van der Waals surface area contributed by atoms with E-state index in [1.807, 2.05) is 41.3 Å². The largest absolute Gasteiger partial charge is 0.456 e. The molecule has 2 atom stereocenters. The monoisotopic (exact) mass is 337 g/mol. The number of carbonyl (C=O) groups excluding carboxylic acids is 1. The topological polar surface area (TPSA) is 45.7 Å². The zero-order valence-corrected chi connectivity index (χ0v) is 14.5. The van der Waals surface area contributed by atoms with E-state index >= 15 is 0 Å². The molecule has 25 heavy (non-hydrogen) atoms. The third kappa shape index (κ3) is 3.37. The molecule has 1 aromatic carbocycles. The molecule has 2 aromatic rings. The second kappa shape index (κ2) is 6.84. The summed E-state index contributed by atoms with van der Waals surface area (Å²) in [5.41, 5.74) is 0.719. The van der Waals surface area contributed by atoms with E-state index in [1.165, 1.54) is 19.4 Å². The van der Waals surface area contributed by atoms with E-state index in [4.69, 9.17) is 4.74 Å². The molecule has 2 fully saturated rings. The van der Waals surface area contributed by atoms with Crippen molar-refractivity contribution in [3.63, 3.8) is 0 Å². The van der Waals surface area contributed by atoms with Crippen LogP contribution < -0.4 is 4.74 Å². The molecule has 2 unspecified atom stereocenters. The van der Waals surface area contributed by atoms with Crippen LogP contribution in [0.3, 0.4) is 0 Å². The van der Waals surface area contributed by atoms with Crippen LogP contribution >= 0.6 is 0 Å². The van der Waals surface area contributed by atoms with Gasteiger partial charge in [-0.2, -0.15) is 0 Å². The van der Waals surface area contributed by atoms with Crippen LogP contribution in [-0.4, -0.2) is 52.4 Å². The van der Waals surface area contributed by atoms with Crippen molar-refractivity contribution >= 4 is 5.91 Å². The van der Waals surface area contributed by atoms with Crippen LogP contribution in [0.4, 0.5) is 0 Å². The Hall–Kier alpha value is -2.40. The molecule has 2 aliphatic rings. The maximum atomic E-state index is 12.9. The van der Waals surface area contributed by atoms with Gasteiger partial charge in [-0.25, -0.2) is 0 Å². The molecule has 0 saturated carbocycles. The Morgan fingerprint density at radius 2 is 2.00 bits per heavy atom. The van der Waals surface area contributed by atoms with E-state index in [0.717, 1.165) is 18.7 Å². The van der Waals surface area contributed by atoms with Crippen molar-refractivity contribution in [2.24, 2.45) is 0 Å². The maximum absolute atomic E-state index is 12.9. The van der Waals surface area contributed by atoms with Gasteiger partial charge in [0.05, 0.1) is 6.20 Å². The summed E-state index contributed by atoms with van der Waals surface area (Å²) in [4.78, 5) is 21.5. The summed E-state index contributed by atoms with van der Waals surface area (Å²) in [5, 5.41) is 0. The summed E-state index contributed by atoms with van der Waals surface area (Å²) < 4.78 is 5.74. The van der Waals surface area contributed by atoms with Gasteiger partial charge in [-0.15, -0.1) is 0 Å². The highest BCUT2D eigenvalue weighted by atomic mass is 16.5. The molecule has 1 amide bonds. The molecule has 0 radical (unpaired) electrons. The average Bonchev–Trinajstić information content (AvgIpc) is 3.09. The number of benzene rings is 1. The third-order valence-corrected chi connectivity index (χ3v) is 5.17. The number of hydrogen-bond acceptors (Lipinski definition) is 4. The predicted octanol–water partition coefficient (Wildman–Crippen LogP) is 3.18. The molecule has 3 heterocycles. The molecule has 0 bridgehead atoms. The van der Waals surface area contributed by atoms with Crippen LogP contribution in [-0.2, 0) is 0 Å². The first-order valence-electron chi connectivity index (χ1n) is 8.93. The number of carbonyl (C=O) groups is 1. The molecule has 1 aromatic heterocycles. The third-order valence-electron chi connectivity index (χ3n) is 5.17. The summed E-state index contributed by atoms with van der Waals surface area (Å²) in [7, 11) is 0. The van der Waals surface area contributed by atoms with Crippen molar-refractivity contribution in [1.82, 2.24) is 14.8 Å². The smallest absolute Gasteiger partial charge is 0.254 e. The fraction of sp³-hybridized carbons (Fsp3) is 0.400. The van der Waals surface area contributed by atoms with Gasteiger partial charge < -0.3 is 9.64 Å². The van der Waals surface area contributed by atoms with Crippen molar-refractivity contribution in [3.8, 4) is 11.5 Å². The Kier molecular flexibility index (Phi) is 4.40. The first kappa shape index (κ1) is 16.1. The molecule has 0 aliphatic carbocycles. The predicted molar refractivity (Wildman–Crippen MR) is 95.8 cm³/mol. The van der Waals surface area contributed by atoms with Crippen LogP contribution in [0.5, 0.6) is 11.5 Å². The first-order chi connectivity index (χ1) is 12.2. The van der Waals surface area contributed by atoms with Gasteiger partial charge in [-0.3, -0.25) is 14.7 Å². The zero-order valence-electron chi connectivity index (χ0n) is 14.5. The van der Waals surface area contributed by atoms with Crippen LogP contribution in [0.15, 0.2) is 48.8 Å². The van der Waals surface area contributed by atoms with Crippen molar-refractivity contribution in [2.45, 2.75) is 31.8 Å². The first-order valence-corrected chi connectivity index (χ1v) is 8.93. The van der Waals surface area contributed by atoms with Gasteiger partial charge in [0.2, 0.25) is 0 Å². The number of ether oxygens (including phenoxy) is 1. The van der Waals surface area contributed by atoms with Gasteiger partial charge in [0.1, 0.15) is 11.5 Å². The fourth-order valence-corrected chi connectivity index (χ4v) is 3.85. The summed E-state index contributed by atoms with van der Waals surface area (Å²) in [5.74, 6) is 1.51. The molecule has 0 spiro atoms. The Balaban J connectivity index is 1.45. The van der Waals surface area contributed by atoms with Gasteiger partial charge in [0.15, 0.2) is 0 Å². The fourth-order valence-electron chi connectivity index (χ4n) is 3.85. The number of pyridine rings is 1. The molecular weight excluding hydrogens is 314 g/mol. The highest BCUT2D eigenvalue weighted by Gasteiger charge is 2.36. The number of piperazine rings is 1. The van der Waals surface area contributed by atoms with Crippen LogP contribution in [0.2, 0.25) is 0 Å². The summed E-state index contributed by atoms with van der Waals surface area (Å²) in [6.07, 6.45) is 5.83. The van der Waals surface area contributed by atoms with E-state index in [1.54, 1.807) is 12.4 Å². The molecule has 5 heteroatoms. The van der Waals surface area contributed by atoms with Gasteiger partial charge in [-0.1, -0.05) is 0 Å². The number of rotatable bonds is 3. The Bertz CT molecular complexity index is 732. The molecule has 2 saturated heterocycles. The highest BCUT2D eigenvalue weighted by molar-refractivity contribution is 5.94. The summed E-state index contributed by atoms with van der Waals surface area (Å²) in [6.45, 7) is 5.15. The minimum absolute atomic E-state index is 0.118. The van der Waals surface area contributed by atoms with E-state index in [2.05, 4.69) is 16.8 Å². The van der Waals surface area contributed by atoms with Crippen molar-refractivity contribution in [2.75, 3.05) is 19.6 Å². The second-order valence-electron chi connectivity index (χ2n) is 6.91. The number of fused-ring (bicyclic) bond motifs is 1. The molecule has 130 valence electrons. The summed E-state index contributed by atoms with van der Waals surface area (Å²) in [6, 6.07) is 11.9. The minimum atomic E-state index is 0.118. The van der Waals surface area contributed by atoms with Gasteiger partial charge in [-0.05, 0) is 62.7 Å². The van der Waals surface area contributed by atoms with E-state index in [0.29, 0.717) is 17.5 Å². The second-order valence-corrected chi connectivity index (χ2v) is 6.91. The standard InChI is InChI=1S/C20H23N3O2/c1-15-13-22-11-3-4-17(22)14-23(15)20(24)16-6-8-18(9-7-16)25-19-5-2-10-21-12-19/h2,5-10,12,15,17H,3-4,11,13-14H2,1H3. The Labute approximate surface area is 148 Å². The lowest BCUT2D eigenvalue weighted by atomic mass is 10.1. The van der Waals surface area contributed by atoms with Gasteiger partial charge in [0, 0.05) is 36.9 Å². The lowest BCUT2D eigenvalue weighted by molar-refractivity contribution is 0.0395. The quantitative estimate of drug-likeness (QED) is 0.863. The van der Waals surface area contributed by atoms with E-state index in [-0.39, 0.29) is 11.9 Å². The van der Waals surface area contributed by atoms with Crippen LogP contribution in [0.25, 0.3) is 0 Å². The van der Waals surface area contributed by atoms with Crippen molar-refractivity contribution in [1.29, 1.82) is 0 Å². The van der Waals surface area contributed by atoms with E-state index < -0.39 is 0 Å². The number of nitrogens with zero attached hydrogens (tertiary/aromatic N) is 3. The highest BCUT2D eigenvalue weighted by Crippen LogP contribution is 2.26. The molecular formula is C20H23N3O2. The van der Waals surface area contributed by atoms with Crippen molar-refractivity contribution < 1.29 is 9.53 Å². The normalized spacial score (nSPS) is 23.3. The number of hydrogen-bond donors (Lipinski definition) is 0. The lowest BCUT2D eigenvalue weighted by Crippen LogP contribution is -2.56. The molecule has 4 rings (SSSR count).